The molecule has 2 rings (SSSR count). The van der Waals surface area contributed by atoms with Crippen molar-refractivity contribution in [2.75, 3.05) is 0 Å². The van der Waals surface area contributed by atoms with Crippen molar-refractivity contribution < 1.29 is 0 Å². The Kier molecular flexibility index (Phi) is 2.75. The summed E-state index contributed by atoms with van der Waals surface area (Å²) in [5.41, 5.74) is -0.324. The first-order chi connectivity index (χ1) is 7.22. The van der Waals surface area contributed by atoms with Gasteiger partial charge in [0, 0.05) is 25.4 Å². The molecule has 1 aromatic rings. The lowest BCUT2D eigenvalue weighted by Gasteiger charge is -2.07. The SMILES string of the molecule is CCCn1ccc(=O)n(CC2CC2)c1=O. The van der Waals surface area contributed by atoms with Gasteiger partial charge in [-0.25, -0.2) is 4.79 Å². The van der Waals surface area contributed by atoms with Gasteiger partial charge in [0.15, 0.2) is 0 Å². The van der Waals surface area contributed by atoms with Gasteiger partial charge < -0.3 is 4.57 Å². The van der Waals surface area contributed by atoms with Crippen molar-refractivity contribution in [3.63, 3.8) is 0 Å². The van der Waals surface area contributed by atoms with E-state index >= 15 is 0 Å². The summed E-state index contributed by atoms with van der Waals surface area (Å²) < 4.78 is 2.98. The van der Waals surface area contributed by atoms with Crippen LogP contribution in [-0.4, -0.2) is 9.13 Å². The van der Waals surface area contributed by atoms with Gasteiger partial charge >= 0.3 is 5.69 Å². The molecule has 0 saturated heterocycles. The molecule has 82 valence electrons. The smallest absolute Gasteiger partial charge is 0.300 e. The van der Waals surface area contributed by atoms with Crippen LogP contribution in [0.5, 0.6) is 0 Å². The Hall–Kier alpha value is -1.32. The zero-order chi connectivity index (χ0) is 10.8. The summed E-state index contributed by atoms with van der Waals surface area (Å²) in [6.45, 7) is 3.30. The molecule has 4 heteroatoms. The highest BCUT2D eigenvalue weighted by atomic mass is 16.2. The highest BCUT2D eigenvalue weighted by molar-refractivity contribution is 4.88. The summed E-state index contributed by atoms with van der Waals surface area (Å²) in [7, 11) is 0. The molecule has 1 aliphatic rings. The van der Waals surface area contributed by atoms with Crippen LogP contribution in [0.4, 0.5) is 0 Å². The molecule has 0 N–H and O–H groups in total. The molecule has 0 aliphatic heterocycles. The average Bonchev–Trinajstić information content (AvgIpc) is 3.01. The maximum Gasteiger partial charge on any atom is 0.330 e. The third-order valence-corrected chi connectivity index (χ3v) is 2.74. The van der Waals surface area contributed by atoms with E-state index in [2.05, 4.69) is 0 Å². The third kappa shape index (κ3) is 2.19. The summed E-state index contributed by atoms with van der Waals surface area (Å²) >= 11 is 0. The van der Waals surface area contributed by atoms with E-state index in [0.29, 0.717) is 19.0 Å². The van der Waals surface area contributed by atoms with Crippen LogP contribution < -0.4 is 11.2 Å². The maximum absolute atomic E-state index is 11.9. The van der Waals surface area contributed by atoms with Gasteiger partial charge in [-0.05, 0) is 25.2 Å². The maximum atomic E-state index is 11.9. The third-order valence-electron chi connectivity index (χ3n) is 2.74. The molecule has 15 heavy (non-hydrogen) atoms. The van der Waals surface area contributed by atoms with Gasteiger partial charge in [0.2, 0.25) is 0 Å². The van der Waals surface area contributed by atoms with Gasteiger partial charge in [-0.15, -0.1) is 0 Å². The van der Waals surface area contributed by atoms with Crippen molar-refractivity contribution in [2.24, 2.45) is 5.92 Å². The molecule has 0 unspecified atom stereocenters. The van der Waals surface area contributed by atoms with Gasteiger partial charge in [0.25, 0.3) is 5.56 Å². The normalized spacial score (nSPS) is 15.5. The van der Waals surface area contributed by atoms with Crippen LogP contribution in [0.25, 0.3) is 0 Å². The Balaban J connectivity index is 2.36. The molecule has 0 bridgehead atoms. The van der Waals surface area contributed by atoms with Crippen LogP contribution in [-0.2, 0) is 13.1 Å². The van der Waals surface area contributed by atoms with E-state index in [1.807, 2.05) is 6.92 Å². The minimum atomic E-state index is -0.167. The molecule has 1 fully saturated rings. The number of aromatic nitrogens is 2. The molecule has 0 aromatic carbocycles. The standard InChI is InChI=1S/C11H16N2O2/c1-2-6-12-7-5-10(14)13(11(12)15)8-9-3-4-9/h5,7,9H,2-4,6,8H2,1H3. The Morgan fingerprint density at radius 3 is 2.73 bits per heavy atom. The topological polar surface area (TPSA) is 44.0 Å². The van der Waals surface area contributed by atoms with Crippen molar-refractivity contribution in [1.82, 2.24) is 9.13 Å². The van der Waals surface area contributed by atoms with Gasteiger partial charge in [0.05, 0.1) is 0 Å². The van der Waals surface area contributed by atoms with E-state index in [0.717, 1.165) is 19.3 Å². The zero-order valence-electron chi connectivity index (χ0n) is 8.98. The highest BCUT2D eigenvalue weighted by Gasteiger charge is 2.23. The predicted octanol–water partition coefficient (Wildman–Crippen LogP) is 0.830. The van der Waals surface area contributed by atoms with E-state index in [9.17, 15) is 9.59 Å². The van der Waals surface area contributed by atoms with Gasteiger partial charge in [-0.2, -0.15) is 0 Å². The van der Waals surface area contributed by atoms with Crippen molar-refractivity contribution in [3.05, 3.63) is 33.1 Å². The first-order valence-corrected chi connectivity index (χ1v) is 5.52. The minimum absolute atomic E-state index is 0.156. The molecule has 1 aliphatic carbocycles. The first kappa shape index (κ1) is 10.2. The van der Waals surface area contributed by atoms with Gasteiger partial charge in [-0.3, -0.25) is 9.36 Å². The Morgan fingerprint density at radius 2 is 2.13 bits per heavy atom. The minimum Gasteiger partial charge on any atom is -0.300 e. The van der Waals surface area contributed by atoms with E-state index < -0.39 is 0 Å². The number of nitrogens with zero attached hydrogens (tertiary/aromatic N) is 2. The van der Waals surface area contributed by atoms with E-state index in [1.165, 1.54) is 10.6 Å². The fourth-order valence-electron chi connectivity index (χ4n) is 1.69. The van der Waals surface area contributed by atoms with Crippen molar-refractivity contribution in [1.29, 1.82) is 0 Å². The lowest BCUT2D eigenvalue weighted by atomic mass is 10.4. The summed E-state index contributed by atoms with van der Waals surface area (Å²) in [6.07, 6.45) is 4.79. The Labute approximate surface area is 88.2 Å². The van der Waals surface area contributed by atoms with Crippen LogP contribution in [0, 0.1) is 5.92 Å². The number of rotatable bonds is 4. The quantitative estimate of drug-likeness (QED) is 0.735. The average molecular weight is 208 g/mol. The molecule has 0 atom stereocenters. The Morgan fingerprint density at radius 1 is 1.40 bits per heavy atom. The molecule has 0 radical (unpaired) electrons. The predicted molar refractivity (Wildman–Crippen MR) is 58.0 cm³/mol. The first-order valence-electron chi connectivity index (χ1n) is 5.52. The summed E-state index contributed by atoms with van der Waals surface area (Å²) in [5.74, 6) is 0.549. The van der Waals surface area contributed by atoms with E-state index in [1.54, 1.807) is 10.8 Å². The lowest BCUT2D eigenvalue weighted by molar-refractivity contribution is 0.520. The summed E-state index contributed by atoms with van der Waals surface area (Å²) in [5, 5.41) is 0. The van der Waals surface area contributed by atoms with Crippen LogP contribution in [0.2, 0.25) is 0 Å². The zero-order valence-corrected chi connectivity index (χ0v) is 8.98. The molecular weight excluding hydrogens is 192 g/mol. The largest absolute Gasteiger partial charge is 0.330 e. The van der Waals surface area contributed by atoms with E-state index in [4.69, 9.17) is 0 Å². The van der Waals surface area contributed by atoms with Crippen LogP contribution in [0.3, 0.4) is 0 Å². The van der Waals surface area contributed by atoms with Crippen LogP contribution in [0.15, 0.2) is 21.9 Å². The van der Waals surface area contributed by atoms with E-state index in [-0.39, 0.29) is 11.2 Å². The van der Waals surface area contributed by atoms with Crippen molar-refractivity contribution in [2.45, 2.75) is 39.3 Å². The van der Waals surface area contributed by atoms with Crippen molar-refractivity contribution in [3.8, 4) is 0 Å². The number of hydrogen-bond donors (Lipinski definition) is 0. The fraction of sp³-hybridized carbons (Fsp3) is 0.636. The number of hydrogen-bond acceptors (Lipinski definition) is 2. The highest BCUT2D eigenvalue weighted by Crippen LogP contribution is 2.29. The molecular formula is C11H16N2O2. The fourth-order valence-corrected chi connectivity index (χ4v) is 1.69. The van der Waals surface area contributed by atoms with Crippen LogP contribution in [0.1, 0.15) is 26.2 Å². The second kappa shape index (κ2) is 4.04. The molecule has 4 nitrogen and oxygen atoms in total. The van der Waals surface area contributed by atoms with Crippen LogP contribution >= 0.6 is 0 Å². The molecule has 1 aromatic heterocycles. The van der Waals surface area contributed by atoms with Gasteiger partial charge in [0.1, 0.15) is 0 Å². The second-order valence-electron chi connectivity index (χ2n) is 4.18. The lowest BCUT2D eigenvalue weighted by Crippen LogP contribution is -2.39. The molecule has 0 amide bonds. The molecule has 0 spiro atoms. The van der Waals surface area contributed by atoms with Crippen molar-refractivity contribution >= 4 is 0 Å². The summed E-state index contributed by atoms with van der Waals surface area (Å²) in [4.78, 5) is 23.4. The van der Waals surface area contributed by atoms with Gasteiger partial charge in [-0.1, -0.05) is 6.92 Å². The molecule has 1 heterocycles. The monoisotopic (exact) mass is 208 g/mol. The Bertz CT molecular complexity index is 454. The number of aryl methyl sites for hydroxylation is 1. The summed E-state index contributed by atoms with van der Waals surface area (Å²) in [6, 6.07) is 1.49. The molecule has 1 saturated carbocycles. The second-order valence-corrected chi connectivity index (χ2v) is 4.18.